The van der Waals surface area contributed by atoms with Gasteiger partial charge >= 0.3 is 6.03 Å². The molecule has 0 spiro atoms. The van der Waals surface area contributed by atoms with Gasteiger partial charge in [-0.2, -0.15) is 0 Å². The van der Waals surface area contributed by atoms with Crippen LogP contribution in [0.5, 0.6) is 0 Å². The lowest BCUT2D eigenvalue weighted by Crippen LogP contribution is -2.40. The lowest BCUT2D eigenvalue weighted by molar-refractivity contribution is -0.132. The van der Waals surface area contributed by atoms with Gasteiger partial charge in [-0.05, 0) is 48.6 Å². The minimum absolute atomic E-state index is 0.0595. The average molecular weight is 458 g/mol. The first-order valence-electron chi connectivity index (χ1n) is 12.0. The molecule has 3 aromatic carbocycles. The summed E-state index contributed by atoms with van der Waals surface area (Å²) >= 11 is 0. The number of carbonyl (C=O) groups excluding carboxylic acids is 2. The van der Waals surface area contributed by atoms with Crippen LogP contribution in [0.25, 0.3) is 0 Å². The fraction of sp³-hybridized carbons (Fsp3) is 0.310. The monoisotopic (exact) mass is 457 g/mol. The van der Waals surface area contributed by atoms with Crippen molar-refractivity contribution in [3.05, 3.63) is 102 Å². The fourth-order valence-corrected chi connectivity index (χ4v) is 3.90. The molecule has 0 bridgehead atoms. The molecule has 3 rings (SSSR count). The van der Waals surface area contributed by atoms with Gasteiger partial charge in [0.15, 0.2) is 0 Å². The highest BCUT2D eigenvalue weighted by molar-refractivity contribution is 5.89. The van der Waals surface area contributed by atoms with Gasteiger partial charge in [0.05, 0.1) is 0 Å². The van der Waals surface area contributed by atoms with Crippen molar-refractivity contribution in [1.82, 2.24) is 9.80 Å². The van der Waals surface area contributed by atoms with Crippen LogP contribution in [0, 0.1) is 6.92 Å². The van der Waals surface area contributed by atoms with Crippen LogP contribution in [0.1, 0.15) is 36.5 Å². The van der Waals surface area contributed by atoms with E-state index in [0.717, 1.165) is 29.7 Å². The summed E-state index contributed by atoms with van der Waals surface area (Å²) < 4.78 is 0. The fourth-order valence-electron chi connectivity index (χ4n) is 3.90. The third-order valence-corrected chi connectivity index (χ3v) is 5.73. The molecule has 5 nitrogen and oxygen atoms in total. The van der Waals surface area contributed by atoms with Crippen molar-refractivity contribution in [2.45, 2.75) is 39.7 Å². The molecule has 0 saturated carbocycles. The normalized spacial score (nSPS) is 10.5. The molecule has 0 radical (unpaired) electrons. The maximum absolute atomic E-state index is 13.3. The first kappa shape index (κ1) is 25.0. The maximum atomic E-state index is 13.3. The Bertz CT molecular complexity index is 1040. The van der Waals surface area contributed by atoms with Crippen LogP contribution < -0.4 is 5.32 Å². The summed E-state index contributed by atoms with van der Waals surface area (Å²) in [5.41, 5.74) is 4.17. The zero-order valence-electron chi connectivity index (χ0n) is 20.2. The Kier molecular flexibility index (Phi) is 9.71. The number of nitrogens with zero attached hydrogens (tertiary/aromatic N) is 2. The topological polar surface area (TPSA) is 52.7 Å². The molecule has 3 amide bonds. The number of aryl methyl sites for hydroxylation is 1. The molecule has 178 valence electrons. The molecule has 34 heavy (non-hydrogen) atoms. The average Bonchev–Trinajstić information content (AvgIpc) is 2.85. The molecule has 0 saturated heterocycles. The van der Waals surface area contributed by atoms with Crippen LogP contribution in [-0.4, -0.2) is 41.4 Å². The van der Waals surface area contributed by atoms with E-state index < -0.39 is 0 Å². The van der Waals surface area contributed by atoms with Crippen LogP contribution in [0.15, 0.2) is 84.9 Å². The van der Waals surface area contributed by atoms with Gasteiger partial charge in [-0.15, -0.1) is 0 Å². The molecule has 0 aliphatic heterocycles. The highest BCUT2D eigenvalue weighted by atomic mass is 16.2. The van der Waals surface area contributed by atoms with Gasteiger partial charge in [-0.3, -0.25) is 4.79 Å². The Balaban J connectivity index is 1.63. The lowest BCUT2D eigenvalue weighted by Gasteiger charge is -2.26. The lowest BCUT2D eigenvalue weighted by atomic mass is 10.1. The molecule has 5 heteroatoms. The summed E-state index contributed by atoms with van der Waals surface area (Å²) in [7, 11) is 0. The standard InChI is InChI=1S/C29H35N3O2/c1-3-19-31(29(34)30-27-16-10-11-24(2)22-27)21-18-28(33)32(23-26-14-8-5-9-15-26)20-17-25-12-6-4-7-13-25/h4-16,22H,3,17-21,23H2,1-2H3,(H,30,34). The number of hydrogen-bond acceptors (Lipinski definition) is 2. The SMILES string of the molecule is CCCN(CCC(=O)N(CCc1ccccc1)Cc1ccccc1)C(=O)Nc1cccc(C)c1. The van der Waals surface area contributed by atoms with Gasteiger partial charge in [-0.25, -0.2) is 4.79 Å². The van der Waals surface area contributed by atoms with Gasteiger partial charge < -0.3 is 15.1 Å². The van der Waals surface area contributed by atoms with Crippen molar-refractivity contribution in [3.63, 3.8) is 0 Å². The zero-order valence-corrected chi connectivity index (χ0v) is 20.2. The van der Waals surface area contributed by atoms with Crippen LogP contribution in [-0.2, 0) is 17.8 Å². The molecule has 0 aromatic heterocycles. The predicted molar refractivity (Wildman–Crippen MR) is 139 cm³/mol. The first-order chi connectivity index (χ1) is 16.5. The molecule has 0 aliphatic rings. The van der Waals surface area contributed by atoms with E-state index in [1.807, 2.05) is 91.5 Å². The summed E-state index contributed by atoms with van der Waals surface area (Å²) in [5, 5.41) is 2.97. The molecular formula is C29H35N3O2. The van der Waals surface area contributed by atoms with E-state index in [9.17, 15) is 9.59 Å². The number of hydrogen-bond donors (Lipinski definition) is 1. The second-order valence-corrected chi connectivity index (χ2v) is 8.57. The van der Waals surface area contributed by atoms with Gasteiger partial charge in [0.2, 0.25) is 5.91 Å². The molecular weight excluding hydrogens is 422 g/mol. The molecule has 3 aromatic rings. The number of benzene rings is 3. The van der Waals surface area contributed by atoms with Crippen molar-refractivity contribution >= 4 is 17.6 Å². The number of urea groups is 1. The van der Waals surface area contributed by atoms with Crippen molar-refractivity contribution in [2.24, 2.45) is 0 Å². The third kappa shape index (κ3) is 8.07. The summed E-state index contributed by atoms with van der Waals surface area (Å²) in [5.74, 6) is 0.0595. The summed E-state index contributed by atoms with van der Waals surface area (Å²) in [6.07, 6.45) is 1.92. The quantitative estimate of drug-likeness (QED) is 0.390. The Morgan fingerprint density at radius 1 is 0.765 bits per heavy atom. The number of nitrogens with one attached hydrogen (secondary N) is 1. The summed E-state index contributed by atoms with van der Waals surface area (Å²) in [6, 6.07) is 27.8. The third-order valence-electron chi connectivity index (χ3n) is 5.73. The number of amides is 3. The van der Waals surface area contributed by atoms with E-state index in [1.165, 1.54) is 5.56 Å². The largest absolute Gasteiger partial charge is 0.338 e. The number of rotatable bonds is 11. The Hall–Kier alpha value is -3.60. The van der Waals surface area contributed by atoms with Crippen molar-refractivity contribution in [3.8, 4) is 0 Å². The maximum Gasteiger partial charge on any atom is 0.321 e. The predicted octanol–water partition coefficient (Wildman–Crippen LogP) is 5.90. The van der Waals surface area contributed by atoms with E-state index in [0.29, 0.717) is 32.6 Å². The molecule has 0 heterocycles. The van der Waals surface area contributed by atoms with Gasteiger partial charge in [0, 0.05) is 38.3 Å². The van der Waals surface area contributed by atoms with Crippen LogP contribution in [0.4, 0.5) is 10.5 Å². The Morgan fingerprint density at radius 3 is 2.09 bits per heavy atom. The van der Waals surface area contributed by atoms with Crippen molar-refractivity contribution in [2.75, 3.05) is 25.0 Å². The van der Waals surface area contributed by atoms with Crippen LogP contribution in [0.3, 0.4) is 0 Å². The minimum atomic E-state index is -0.167. The summed E-state index contributed by atoms with van der Waals surface area (Å²) in [6.45, 7) is 6.23. The van der Waals surface area contributed by atoms with E-state index in [-0.39, 0.29) is 11.9 Å². The Morgan fingerprint density at radius 2 is 1.44 bits per heavy atom. The van der Waals surface area contributed by atoms with Gasteiger partial charge in [0.1, 0.15) is 0 Å². The van der Waals surface area contributed by atoms with Gasteiger partial charge in [0.25, 0.3) is 0 Å². The van der Waals surface area contributed by atoms with E-state index in [1.54, 1.807) is 4.90 Å². The molecule has 0 unspecified atom stereocenters. The van der Waals surface area contributed by atoms with Crippen molar-refractivity contribution in [1.29, 1.82) is 0 Å². The van der Waals surface area contributed by atoms with Crippen LogP contribution in [0.2, 0.25) is 0 Å². The second-order valence-electron chi connectivity index (χ2n) is 8.57. The molecule has 0 atom stereocenters. The van der Waals surface area contributed by atoms with Gasteiger partial charge in [-0.1, -0.05) is 79.7 Å². The number of anilines is 1. The molecule has 0 aliphatic carbocycles. The number of carbonyl (C=O) groups is 2. The highest BCUT2D eigenvalue weighted by Gasteiger charge is 2.18. The second kappa shape index (κ2) is 13.2. The molecule has 1 N–H and O–H groups in total. The van der Waals surface area contributed by atoms with Crippen LogP contribution >= 0.6 is 0 Å². The summed E-state index contributed by atoms with van der Waals surface area (Å²) in [4.78, 5) is 29.8. The smallest absolute Gasteiger partial charge is 0.321 e. The van der Waals surface area contributed by atoms with E-state index in [2.05, 4.69) is 17.4 Å². The van der Waals surface area contributed by atoms with Crippen molar-refractivity contribution < 1.29 is 9.59 Å². The first-order valence-corrected chi connectivity index (χ1v) is 12.0. The van der Waals surface area contributed by atoms with E-state index in [4.69, 9.17) is 0 Å². The molecule has 0 fully saturated rings. The minimum Gasteiger partial charge on any atom is -0.338 e. The Labute approximate surface area is 203 Å². The zero-order chi connectivity index (χ0) is 24.2. The van der Waals surface area contributed by atoms with E-state index >= 15 is 0 Å². The highest BCUT2D eigenvalue weighted by Crippen LogP contribution is 2.13.